The summed E-state index contributed by atoms with van der Waals surface area (Å²) in [5.41, 5.74) is 3.01. The first-order valence-corrected chi connectivity index (χ1v) is 12.8. The zero-order valence-corrected chi connectivity index (χ0v) is 21.2. The van der Waals surface area contributed by atoms with Gasteiger partial charge >= 0.3 is 0 Å². The highest BCUT2D eigenvalue weighted by atomic mass is 32.1. The average Bonchev–Trinajstić information content (AvgIpc) is 3.52. The van der Waals surface area contributed by atoms with Crippen molar-refractivity contribution in [1.82, 2.24) is 25.1 Å². The Morgan fingerprint density at radius 2 is 2.00 bits per heavy atom. The second-order valence-electron chi connectivity index (χ2n) is 9.32. The number of carbonyl (C=O) groups excluding carboxylic acids is 1. The predicted octanol–water partition coefficient (Wildman–Crippen LogP) is 4.68. The molecule has 182 valence electrons. The molecule has 2 atom stereocenters. The molecule has 1 saturated heterocycles. The fraction of sp³-hybridized carbons (Fsp3) is 0.385. The molecule has 35 heavy (non-hydrogen) atoms. The first kappa shape index (κ1) is 23.4. The van der Waals surface area contributed by atoms with Gasteiger partial charge in [0, 0.05) is 31.9 Å². The number of morpholine rings is 1. The van der Waals surface area contributed by atoms with Gasteiger partial charge in [-0.3, -0.25) is 4.79 Å². The van der Waals surface area contributed by atoms with Gasteiger partial charge in [-0.05, 0) is 56.8 Å². The Balaban J connectivity index is 1.35. The molecule has 5 rings (SSSR count). The van der Waals surface area contributed by atoms with Crippen LogP contribution >= 0.6 is 11.3 Å². The van der Waals surface area contributed by atoms with Gasteiger partial charge in [0.1, 0.15) is 5.82 Å². The predicted molar refractivity (Wildman–Crippen MR) is 139 cm³/mol. The number of hydrogen-bond donors (Lipinski definition) is 1. The number of pyridine rings is 2. The minimum Gasteiger partial charge on any atom is -0.372 e. The number of amides is 1. The van der Waals surface area contributed by atoms with Crippen LogP contribution < -0.4 is 10.2 Å². The van der Waals surface area contributed by atoms with Gasteiger partial charge in [-0.15, -0.1) is 11.3 Å². The summed E-state index contributed by atoms with van der Waals surface area (Å²) in [4.78, 5) is 26.0. The van der Waals surface area contributed by atoms with Crippen molar-refractivity contribution in [3.05, 3.63) is 59.2 Å². The normalized spacial score (nSPS) is 18.4. The first-order valence-electron chi connectivity index (χ1n) is 11.9. The molecule has 2 unspecified atom stereocenters. The van der Waals surface area contributed by atoms with Gasteiger partial charge in [0.25, 0.3) is 5.91 Å². The van der Waals surface area contributed by atoms with Crippen molar-refractivity contribution < 1.29 is 9.53 Å². The lowest BCUT2D eigenvalue weighted by Crippen LogP contribution is -2.45. The molecule has 0 saturated carbocycles. The molecule has 0 aromatic carbocycles. The van der Waals surface area contributed by atoms with E-state index in [1.165, 1.54) is 0 Å². The van der Waals surface area contributed by atoms with Gasteiger partial charge < -0.3 is 15.0 Å². The van der Waals surface area contributed by atoms with Crippen LogP contribution in [-0.2, 0) is 11.3 Å². The van der Waals surface area contributed by atoms with E-state index in [9.17, 15) is 4.79 Å². The van der Waals surface area contributed by atoms with Crippen molar-refractivity contribution in [2.24, 2.45) is 0 Å². The monoisotopic (exact) mass is 490 g/mol. The van der Waals surface area contributed by atoms with E-state index in [4.69, 9.17) is 9.72 Å². The van der Waals surface area contributed by atoms with Crippen LogP contribution in [0.25, 0.3) is 21.6 Å². The summed E-state index contributed by atoms with van der Waals surface area (Å²) < 4.78 is 7.68. The maximum atomic E-state index is 13.3. The maximum Gasteiger partial charge on any atom is 0.252 e. The van der Waals surface area contributed by atoms with Crippen LogP contribution in [0.5, 0.6) is 0 Å². The third kappa shape index (κ3) is 4.92. The number of nitrogens with zero attached hydrogens (tertiary/aromatic N) is 5. The van der Waals surface area contributed by atoms with Gasteiger partial charge in [0.15, 0.2) is 5.65 Å². The number of anilines is 1. The van der Waals surface area contributed by atoms with Crippen molar-refractivity contribution in [2.75, 3.05) is 18.0 Å². The summed E-state index contributed by atoms with van der Waals surface area (Å²) in [5.74, 6) is 0.776. The Hall–Kier alpha value is -3.30. The van der Waals surface area contributed by atoms with Gasteiger partial charge in [-0.25, -0.2) is 14.6 Å². The van der Waals surface area contributed by atoms with Crippen LogP contribution in [0.1, 0.15) is 49.7 Å². The fourth-order valence-electron chi connectivity index (χ4n) is 4.49. The van der Waals surface area contributed by atoms with Crippen molar-refractivity contribution >= 4 is 34.1 Å². The first-order chi connectivity index (χ1) is 16.9. The molecular formula is C26H30N6O2S. The summed E-state index contributed by atoms with van der Waals surface area (Å²) >= 11 is 1.60. The maximum absolute atomic E-state index is 13.3. The number of hydrogen-bond acceptors (Lipinski definition) is 7. The highest BCUT2D eigenvalue weighted by molar-refractivity contribution is 7.13. The van der Waals surface area contributed by atoms with Crippen molar-refractivity contribution in [2.45, 2.75) is 52.5 Å². The number of nitrogens with one attached hydrogen (secondary N) is 1. The Bertz CT molecular complexity index is 1310. The van der Waals surface area contributed by atoms with E-state index in [2.05, 4.69) is 48.0 Å². The van der Waals surface area contributed by atoms with Crippen LogP contribution in [-0.4, -0.2) is 51.0 Å². The van der Waals surface area contributed by atoms with E-state index in [-0.39, 0.29) is 24.2 Å². The summed E-state index contributed by atoms with van der Waals surface area (Å²) in [6.45, 7) is 10.3. The minimum atomic E-state index is -0.154. The number of rotatable bonds is 6. The summed E-state index contributed by atoms with van der Waals surface area (Å²) in [6.07, 6.45) is 3.92. The molecule has 1 fully saturated rings. The lowest BCUT2D eigenvalue weighted by Gasteiger charge is -2.36. The molecule has 8 nitrogen and oxygen atoms in total. The van der Waals surface area contributed by atoms with Gasteiger partial charge in [0.2, 0.25) is 0 Å². The number of thiophene rings is 1. The quantitative estimate of drug-likeness (QED) is 0.422. The molecule has 1 amide bonds. The molecule has 9 heteroatoms. The summed E-state index contributed by atoms with van der Waals surface area (Å²) in [5, 5.41) is 10.3. The molecule has 4 aromatic rings. The Labute approximate surface area is 209 Å². The number of fused-ring (bicyclic) bond motifs is 1. The Morgan fingerprint density at radius 1 is 1.20 bits per heavy atom. The van der Waals surface area contributed by atoms with E-state index in [1.54, 1.807) is 17.5 Å². The molecule has 1 aliphatic rings. The average molecular weight is 491 g/mol. The van der Waals surface area contributed by atoms with Crippen molar-refractivity contribution in [3.63, 3.8) is 0 Å². The Kier molecular flexibility index (Phi) is 6.53. The van der Waals surface area contributed by atoms with Gasteiger partial charge in [0.05, 0.1) is 39.9 Å². The van der Waals surface area contributed by atoms with E-state index < -0.39 is 0 Å². The second kappa shape index (κ2) is 9.75. The highest BCUT2D eigenvalue weighted by Gasteiger charge is 2.23. The lowest BCUT2D eigenvalue weighted by molar-refractivity contribution is -0.00546. The van der Waals surface area contributed by atoms with E-state index >= 15 is 0 Å². The topological polar surface area (TPSA) is 85.2 Å². The largest absolute Gasteiger partial charge is 0.372 e. The molecule has 4 aromatic heterocycles. The van der Waals surface area contributed by atoms with Crippen molar-refractivity contribution in [1.29, 1.82) is 0 Å². The fourth-order valence-corrected chi connectivity index (χ4v) is 5.17. The molecule has 1 aliphatic heterocycles. The SMILES string of the molecule is CC1CN(c2ccc(CNC(=O)c3cc(-c4cccs4)nc4c3cnn4C(C)C)cn2)CC(C)O1. The van der Waals surface area contributed by atoms with Crippen LogP contribution in [0, 0.1) is 0 Å². The second-order valence-corrected chi connectivity index (χ2v) is 10.3. The zero-order valence-electron chi connectivity index (χ0n) is 20.4. The number of aromatic nitrogens is 4. The van der Waals surface area contributed by atoms with Gasteiger partial charge in [-0.2, -0.15) is 5.10 Å². The molecular weight excluding hydrogens is 460 g/mol. The van der Waals surface area contributed by atoms with E-state index in [1.807, 2.05) is 46.6 Å². The molecule has 0 bridgehead atoms. The van der Waals surface area contributed by atoms with Gasteiger partial charge in [-0.1, -0.05) is 12.1 Å². The molecule has 0 radical (unpaired) electrons. The minimum absolute atomic E-state index is 0.136. The highest BCUT2D eigenvalue weighted by Crippen LogP contribution is 2.29. The van der Waals surface area contributed by atoms with Crippen LogP contribution in [0.15, 0.2) is 48.1 Å². The third-order valence-electron chi connectivity index (χ3n) is 6.08. The van der Waals surface area contributed by atoms with E-state index in [0.29, 0.717) is 12.1 Å². The molecule has 5 heterocycles. The third-order valence-corrected chi connectivity index (χ3v) is 6.97. The van der Waals surface area contributed by atoms with Crippen LogP contribution in [0.4, 0.5) is 5.82 Å². The Morgan fingerprint density at radius 3 is 2.66 bits per heavy atom. The lowest BCUT2D eigenvalue weighted by atomic mass is 10.1. The zero-order chi connectivity index (χ0) is 24.5. The summed E-state index contributed by atoms with van der Waals surface area (Å²) in [7, 11) is 0. The standard InChI is InChI=1S/C26H30N6O2S/c1-16(2)32-25-21(13-29-32)20(10-22(30-25)23-6-5-9-35-23)26(33)28-12-19-7-8-24(27-11-19)31-14-17(3)34-18(4)15-31/h5-11,13,16-18H,12,14-15H2,1-4H3,(H,28,33). The molecule has 0 spiro atoms. The molecule has 0 aliphatic carbocycles. The van der Waals surface area contributed by atoms with Crippen molar-refractivity contribution in [3.8, 4) is 10.6 Å². The number of carbonyl (C=O) groups is 1. The van der Waals surface area contributed by atoms with E-state index in [0.717, 1.165) is 46.1 Å². The smallest absolute Gasteiger partial charge is 0.252 e. The van der Waals surface area contributed by atoms with Crippen LogP contribution in [0.2, 0.25) is 0 Å². The van der Waals surface area contributed by atoms with Crippen LogP contribution in [0.3, 0.4) is 0 Å². The molecule has 1 N–H and O–H groups in total. The summed E-state index contributed by atoms with van der Waals surface area (Å²) in [6, 6.07) is 10.0. The number of ether oxygens (including phenoxy) is 1.